The molecule has 0 aliphatic rings. The van der Waals surface area contributed by atoms with Gasteiger partial charge >= 0.3 is 0 Å². The lowest BCUT2D eigenvalue weighted by Gasteiger charge is -2.10. The maximum Gasteiger partial charge on any atom is 0.252 e. The molecule has 4 heteroatoms. The van der Waals surface area contributed by atoms with Crippen LogP contribution in [0.2, 0.25) is 0 Å². The van der Waals surface area contributed by atoms with E-state index in [1.54, 1.807) is 23.5 Å². The van der Waals surface area contributed by atoms with Gasteiger partial charge in [0, 0.05) is 11.1 Å². The molecule has 0 saturated carbocycles. The minimum atomic E-state index is -0.473. The molecule has 2 nitrogen and oxygen atoms in total. The summed E-state index contributed by atoms with van der Waals surface area (Å²) in [5.41, 5.74) is 1.05. The fraction of sp³-hybridized carbons (Fsp3) is 0.0833. The average molecular weight is 252 g/mol. The van der Waals surface area contributed by atoms with Crippen molar-refractivity contribution in [1.29, 1.82) is 0 Å². The molecule has 1 aromatic carbocycles. The van der Waals surface area contributed by atoms with E-state index in [1.807, 2.05) is 35.0 Å². The van der Waals surface area contributed by atoms with Crippen molar-refractivity contribution in [2.24, 2.45) is 0 Å². The van der Waals surface area contributed by atoms with Crippen molar-refractivity contribution >= 4 is 28.8 Å². The molecular formula is C12H10ClNOS. The van der Waals surface area contributed by atoms with Crippen molar-refractivity contribution in [3.05, 3.63) is 58.3 Å². The third kappa shape index (κ3) is 2.62. The second-order valence-electron chi connectivity index (χ2n) is 3.26. The van der Waals surface area contributed by atoms with Crippen LogP contribution in [-0.4, -0.2) is 5.91 Å². The highest BCUT2D eigenvalue weighted by molar-refractivity contribution is 7.08. The number of nitrogens with one attached hydrogen (secondary N) is 1. The Kier molecular flexibility index (Phi) is 3.59. The quantitative estimate of drug-likeness (QED) is 0.657. The molecule has 1 N–H and O–H groups in total. The van der Waals surface area contributed by atoms with Gasteiger partial charge in [0.15, 0.2) is 0 Å². The van der Waals surface area contributed by atoms with Gasteiger partial charge in [0.2, 0.25) is 0 Å². The fourth-order valence-corrected chi connectivity index (χ4v) is 2.29. The molecule has 0 spiro atoms. The summed E-state index contributed by atoms with van der Waals surface area (Å²) < 4.78 is 0. The molecule has 0 aliphatic carbocycles. The van der Waals surface area contributed by atoms with Crippen LogP contribution in [-0.2, 0) is 0 Å². The van der Waals surface area contributed by atoms with Crippen LogP contribution in [0, 0.1) is 0 Å². The number of benzene rings is 1. The van der Waals surface area contributed by atoms with Crippen LogP contribution in [0.5, 0.6) is 0 Å². The van der Waals surface area contributed by atoms with Crippen LogP contribution < -0.4 is 5.32 Å². The van der Waals surface area contributed by atoms with E-state index < -0.39 is 5.50 Å². The van der Waals surface area contributed by atoms with E-state index in [0.717, 1.165) is 5.56 Å². The zero-order valence-electron chi connectivity index (χ0n) is 8.39. The van der Waals surface area contributed by atoms with E-state index in [2.05, 4.69) is 5.32 Å². The van der Waals surface area contributed by atoms with Crippen LogP contribution in [0.3, 0.4) is 0 Å². The third-order valence-corrected chi connectivity index (χ3v) is 3.19. The lowest BCUT2D eigenvalue weighted by Crippen LogP contribution is -2.24. The lowest BCUT2D eigenvalue weighted by atomic mass is 10.2. The topological polar surface area (TPSA) is 29.1 Å². The van der Waals surface area contributed by atoms with Crippen LogP contribution in [0.1, 0.15) is 21.4 Å². The van der Waals surface area contributed by atoms with Crippen LogP contribution >= 0.6 is 22.9 Å². The van der Waals surface area contributed by atoms with Gasteiger partial charge in [-0.05, 0) is 29.0 Å². The Morgan fingerprint density at radius 3 is 2.62 bits per heavy atom. The summed E-state index contributed by atoms with van der Waals surface area (Å²) in [4.78, 5) is 11.8. The number of rotatable bonds is 3. The molecule has 1 aromatic heterocycles. The summed E-state index contributed by atoms with van der Waals surface area (Å²) in [7, 11) is 0. The summed E-state index contributed by atoms with van der Waals surface area (Å²) in [6.45, 7) is 0. The number of halogens is 1. The minimum Gasteiger partial charge on any atom is -0.332 e. The molecule has 0 fully saturated rings. The van der Waals surface area contributed by atoms with E-state index in [4.69, 9.17) is 11.6 Å². The molecule has 0 saturated heterocycles. The Morgan fingerprint density at radius 2 is 2.00 bits per heavy atom. The fourth-order valence-electron chi connectivity index (χ4n) is 1.29. The molecule has 0 aliphatic heterocycles. The number of alkyl halides is 1. The Labute approximate surface area is 103 Å². The summed E-state index contributed by atoms with van der Waals surface area (Å²) in [6, 6.07) is 10.9. The highest BCUT2D eigenvalue weighted by Gasteiger charge is 2.12. The smallest absolute Gasteiger partial charge is 0.252 e. The maximum absolute atomic E-state index is 11.8. The monoisotopic (exact) mass is 251 g/mol. The minimum absolute atomic E-state index is 0.160. The number of hydrogen-bond acceptors (Lipinski definition) is 2. The number of amides is 1. The third-order valence-electron chi connectivity index (χ3n) is 2.13. The molecule has 1 atom stereocenters. The first-order valence-corrected chi connectivity index (χ1v) is 6.17. The molecule has 1 unspecified atom stereocenters. The van der Waals surface area contributed by atoms with Gasteiger partial charge in [0.1, 0.15) is 5.50 Å². The molecule has 2 aromatic rings. The predicted octanol–water partition coefficient (Wildman–Crippen LogP) is 3.42. The van der Waals surface area contributed by atoms with Gasteiger partial charge in [-0.15, -0.1) is 0 Å². The van der Waals surface area contributed by atoms with Crippen molar-refractivity contribution in [2.45, 2.75) is 5.50 Å². The Bertz CT molecular complexity index is 455. The molecule has 2 rings (SSSR count). The van der Waals surface area contributed by atoms with E-state index >= 15 is 0 Å². The van der Waals surface area contributed by atoms with Crippen molar-refractivity contribution < 1.29 is 4.79 Å². The number of thiophene rings is 1. The molecule has 16 heavy (non-hydrogen) atoms. The van der Waals surface area contributed by atoms with Crippen molar-refractivity contribution in [3.8, 4) is 0 Å². The lowest BCUT2D eigenvalue weighted by molar-refractivity contribution is 0.0949. The largest absolute Gasteiger partial charge is 0.332 e. The number of carbonyl (C=O) groups excluding carboxylic acids is 1. The summed E-state index contributed by atoms with van der Waals surface area (Å²) in [6.07, 6.45) is 0. The van der Waals surface area contributed by atoms with E-state index in [9.17, 15) is 4.79 Å². The van der Waals surface area contributed by atoms with Crippen molar-refractivity contribution in [1.82, 2.24) is 5.32 Å². The maximum atomic E-state index is 11.8. The van der Waals surface area contributed by atoms with Crippen molar-refractivity contribution in [2.75, 3.05) is 0 Å². The van der Waals surface area contributed by atoms with Gasteiger partial charge in [-0.25, -0.2) is 0 Å². The first-order chi connectivity index (χ1) is 7.77. The van der Waals surface area contributed by atoms with Gasteiger partial charge in [0.25, 0.3) is 5.91 Å². The van der Waals surface area contributed by atoms with Gasteiger partial charge < -0.3 is 5.32 Å². The Hall–Kier alpha value is -1.32. The van der Waals surface area contributed by atoms with E-state index in [1.165, 1.54) is 0 Å². The van der Waals surface area contributed by atoms with Crippen molar-refractivity contribution in [3.63, 3.8) is 0 Å². The number of hydrogen-bond donors (Lipinski definition) is 1. The Morgan fingerprint density at radius 1 is 1.25 bits per heavy atom. The molecule has 0 bridgehead atoms. The van der Waals surface area contributed by atoms with Crippen LogP contribution in [0.15, 0.2) is 47.2 Å². The summed E-state index contributed by atoms with van der Waals surface area (Å²) in [5.74, 6) is -0.160. The highest BCUT2D eigenvalue weighted by Crippen LogP contribution is 2.20. The average Bonchev–Trinajstić information content (AvgIpc) is 2.83. The molecule has 1 amide bonds. The van der Waals surface area contributed by atoms with E-state index in [-0.39, 0.29) is 5.91 Å². The first-order valence-electron chi connectivity index (χ1n) is 4.79. The van der Waals surface area contributed by atoms with Gasteiger partial charge in [-0.2, -0.15) is 11.3 Å². The molecule has 0 radical (unpaired) electrons. The highest BCUT2D eigenvalue weighted by atomic mass is 35.5. The SMILES string of the molecule is O=C(NC(Cl)c1ccsc1)c1ccccc1. The van der Waals surface area contributed by atoms with Gasteiger partial charge in [-0.3, -0.25) is 4.79 Å². The zero-order valence-corrected chi connectivity index (χ0v) is 9.96. The standard InChI is InChI=1S/C12H10ClNOS/c13-11(10-6-7-16-8-10)14-12(15)9-4-2-1-3-5-9/h1-8,11H,(H,14,15). The normalized spacial score (nSPS) is 12.1. The van der Waals surface area contributed by atoms with Crippen LogP contribution in [0.4, 0.5) is 0 Å². The molecule has 1 heterocycles. The zero-order chi connectivity index (χ0) is 11.4. The predicted molar refractivity (Wildman–Crippen MR) is 66.8 cm³/mol. The van der Waals surface area contributed by atoms with E-state index in [0.29, 0.717) is 5.56 Å². The second kappa shape index (κ2) is 5.14. The Balaban J connectivity index is 2.03. The van der Waals surface area contributed by atoms with Crippen LogP contribution in [0.25, 0.3) is 0 Å². The summed E-state index contributed by atoms with van der Waals surface area (Å²) in [5, 5.41) is 6.58. The summed E-state index contributed by atoms with van der Waals surface area (Å²) >= 11 is 7.62. The number of carbonyl (C=O) groups is 1. The second-order valence-corrected chi connectivity index (χ2v) is 4.48. The van der Waals surface area contributed by atoms with Gasteiger partial charge in [-0.1, -0.05) is 29.8 Å². The molecular weight excluding hydrogens is 242 g/mol. The van der Waals surface area contributed by atoms with Gasteiger partial charge in [0.05, 0.1) is 0 Å². The molecule has 82 valence electrons. The first kappa shape index (κ1) is 11.2.